The van der Waals surface area contributed by atoms with Crippen LogP contribution in [0.2, 0.25) is 0 Å². The first-order valence-electron chi connectivity index (χ1n) is 8.55. The Hall–Kier alpha value is -1.08. The van der Waals surface area contributed by atoms with E-state index < -0.39 is 26.5 Å². The Morgan fingerprint density at radius 3 is 2.22 bits per heavy atom. The Bertz CT molecular complexity index is 764. The fourth-order valence-corrected chi connectivity index (χ4v) is 4.47. The second-order valence-corrected chi connectivity index (χ2v) is 11.6. The van der Waals surface area contributed by atoms with E-state index in [9.17, 15) is 28.7 Å². The normalized spacial score (nSPS) is 13.7. The first-order valence-corrected chi connectivity index (χ1v) is 11.8. The third kappa shape index (κ3) is 7.11. The minimum Gasteiger partial charge on any atom is -0.324 e. The lowest BCUT2D eigenvalue weighted by atomic mass is 10.1. The van der Waals surface area contributed by atoms with Crippen LogP contribution in [0.4, 0.5) is 0 Å². The minimum atomic E-state index is -5.07. The number of hydrogen-bond donors (Lipinski definition) is 4. The van der Waals surface area contributed by atoms with Gasteiger partial charge in [0.15, 0.2) is 4.90 Å². The summed E-state index contributed by atoms with van der Waals surface area (Å²) in [4.78, 5) is 35.1. The van der Waals surface area contributed by atoms with Gasteiger partial charge in [-0.2, -0.15) is 0 Å². The molecule has 0 fully saturated rings. The first kappa shape index (κ1) is 24.0. The summed E-state index contributed by atoms with van der Waals surface area (Å²) in [6, 6.07) is 0. The maximum Gasteiger partial charge on any atom is 0.343 e. The summed E-state index contributed by atoms with van der Waals surface area (Å²) in [6.07, 6.45) is 7.82. The molecule has 0 radical (unpaired) electrons. The summed E-state index contributed by atoms with van der Waals surface area (Å²) >= 11 is 0. The quantitative estimate of drug-likeness (QED) is 0.333. The van der Waals surface area contributed by atoms with Crippen molar-refractivity contribution in [2.45, 2.75) is 64.8 Å². The van der Waals surface area contributed by atoms with Gasteiger partial charge in [-0.15, -0.1) is 5.10 Å². The zero-order valence-corrected chi connectivity index (χ0v) is 17.9. The minimum absolute atomic E-state index is 0.119. The van der Waals surface area contributed by atoms with Gasteiger partial charge in [-0.05, 0) is 47.0 Å². The Morgan fingerprint density at radius 1 is 1.11 bits per heavy atom. The van der Waals surface area contributed by atoms with Crippen LogP contribution in [0.25, 0.3) is 0 Å². The van der Waals surface area contributed by atoms with Crippen LogP contribution in [0.3, 0.4) is 0 Å². The highest BCUT2D eigenvalue weighted by Gasteiger charge is 2.56. The van der Waals surface area contributed by atoms with Gasteiger partial charge in [-0.3, -0.25) is 13.8 Å². The van der Waals surface area contributed by atoms with E-state index in [-0.39, 0.29) is 5.69 Å². The molecule has 1 rings (SSSR count). The molecule has 0 spiro atoms. The highest BCUT2D eigenvalue weighted by molar-refractivity contribution is 7.72. The van der Waals surface area contributed by atoms with Crippen molar-refractivity contribution in [3.63, 3.8) is 0 Å². The third-order valence-electron chi connectivity index (χ3n) is 4.30. The monoisotopic (exact) mass is 421 g/mol. The average molecular weight is 421 g/mol. The Morgan fingerprint density at radius 2 is 1.70 bits per heavy atom. The summed E-state index contributed by atoms with van der Waals surface area (Å²) in [5, 5.41) is 7.66. The highest BCUT2D eigenvalue weighted by atomic mass is 31.2. The molecule has 1 heterocycles. The number of aromatic nitrogens is 3. The molecule has 0 unspecified atom stereocenters. The van der Waals surface area contributed by atoms with Gasteiger partial charge in [0.05, 0.1) is 5.69 Å². The Balaban J connectivity index is 2.72. The molecule has 27 heavy (non-hydrogen) atoms. The van der Waals surface area contributed by atoms with Crippen molar-refractivity contribution in [2.24, 2.45) is 0 Å². The molecule has 1 aromatic rings. The molecule has 0 aliphatic heterocycles. The molecule has 0 amide bonds. The Labute approximate surface area is 159 Å². The maximum atomic E-state index is 11.6. The molecule has 0 bridgehead atoms. The van der Waals surface area contributed by atoms with Crippen LogP contribution in [-0.2, 0) is 22.1 Å². The van der Waals surface area contributed by atoms with Crippen molar-refractivity contribution in [2.75, 3.05) is 0 Å². The van der Waals surface area contributed by atoms with Crippen LogP contribution in [-0.4, -0.2) is 39.5 Å². The fraction of sp³-hybridized carbons (Fsp3) is 0.625. The molecule has 4 N–H and O–H groups in total. The van der Waals surface area contributed by atoms with Crippen LogP contribution in [0.5, 0.6) is 0 Å². The van der Waals surface area contributed by atoms with E-state index in [0.717, 1.165) is 19.8 Å². The highest BCUT2D eigenvalue weighted by Crippen LogP contribution is 2.69. The number of allylic oxidation sites excluding steroid dienone is 4. The molecule has 11 heteroatoms. The molecule has 1 aromatic heterocycles. The fourth-order valence-electron chi connectivity index (χ4n) is 2.38. The molecule has 0 aliphatic rings. The summed E-state index contributed by atoms with van der Waals surface area (Å²) in [7, 11) is -10.1. The third-order valence-corrected chi connectivity index (χ3v) is 8.69. The van der Waals surface area contributed by atoms with Crippen molar-refractivity contribution in [3.05, 3.63) is 35.2 Å². The van der Waals surface area contributed by atoms with Crippen molar-refractivity contribution in [3.8, 4) is 0 Å². The molecule has 0 aromatic carbocycles. The number of aryl methyl sites for hydroxylation is 1. The van der Waals surface area contributed by atoms with E-state index in [2.05, 4.69) is 43.2 Å². The van der Waals surface area contributed by atoms with Gasteiger partial charge in [-0.1, -0.05) is 28.5 Å². The largest absolute Gasteiger partial charge is 0.343 e. The number of rotatable bonds is 10. The molecular formula is C16H29N3O6P2. The zero-order chi connectivity index (χ0) is 20.9. The first-order chi connectivity index (χ1) is 12.3. The van der Waals surface area contributed by atoms with Crippen molar-refractivity contribution in [1.82, 2.24) is 15.0 Å². The topological polar surface area (TPSA) is 146 Å². The van der Waals surface area contributed by atoms with Gasteiger partial charge in [0.1, 0.15) is 0 Å². The molecule has 0 saturated heterocycles. The molecule has 154 valence electrons. The molecule has 0 atom stereocenters. The number of nitrogens with zero attached hydrogens (tertiary/aromatic N) is 3. The lowest BCUT2D eigenvalue weighted by Gasteiger charge is -2.29. The molecular weight excluding hydrogens is 392 g/mol. The number of hydrogen-bond acceptors (Lipinski definition) is 4. The van der Waals surface area contributed by atoms with Crippen LogP contribution in [0.1, 0.15) is 52.7 Å². The SMILES string of the molecule is CC(C)=CCCC(C)=CCCn1cc(CC(C)(P(=O)(O)O)P(=O)(O)O)nn1. The van der Waals surface area contributed by atoms with Gasteiger partial charge < -0.3 is 19.6 Å². The maximum absolute atomic E-state index is 11.6. The summed E-state index contributed by atoms with van der Waals surface area (Å²) in [6.45, 7) is 7.55. The second kappa shape index (κ2) is 9.41. The predicted octanol–water partition coefficient (Wildman–Crippen LogP) is 2.98. The van der Waals surface area contributed by atoms with Gasteiger partial charge in [-0.25, -0.2) is 0 Å². The molecule has 0 saturated carbocycles. The zero-order valence-electron chi connectivity index (χ0n) is 16.1. The van der Waals surface area contributed by atoms with E-state index in [4.69, 9.17) is 0 Å². The summed E-state index contributed by atoms with van der Waals surface area (Å²) < 4.78 is 24.7. The van der Waals surface area contributed by atoms with E-state index in [1.165, 1.54) is 22.0 Å². The summed E-state index contributed by atoms with van der Waals surface area (Å²) in [5.74, 6) is 0. The molecule has 9 nitrogen and oxygen atoms in total. The van der Waals surface area contributed by atoms with E-state index in [1.807, 2.05) is 0 Å². The lowest BCUT2D eigenvalue weighted by Crippen LogP contribution is -2.28. The average Bonchev–Trinajstić information content (AvgIpc) is 2.91. The second-order valence-electron chi connectivity index (χ2n) is 7.11. The van der Waals surface area contributed by atoms with Gasteiger partial charge in [0.25, 0.3) is 0 Å². The van der Waals surface area contributed by atoms with E-state index in [1.54, 1.807) is 0 Å². The van der Waals surface area contributed by atoms with Crippen LogP contribution >= 0.6 is 15.2 Å². The molecule has 0 aliphatic carbocycles. The van der Waals surface area contributed by atoms with Crippen LogP contribution in [0, 0.1) is 0 Å². The van der Waals surface area contributed by atoms with Gasteiger partial charge in [0, 0.05) is 19.2 Å². The Kier molecular flexibility index (Phi) is 8.35. The van der Waals surface area contributed by atoms with Gasteiger partial charge >= 0.3 is 15.2 Å². The van der Waals surface area contributed by atoms with Gasteiger partial charge in [0.2, 0.25) is 0 Å². The predicted molar refractivity (Wildman–Crippen MR) is 103 cm³/mol. The van der Waals surface area contributed by atoms with Crippen molar-refractivity contribution >= 4 is 15.2 Å². The van der Waals surface area contributed by atoms with Crippen LogP contribution in [0.15, 0.2) is 29.5 Å². The smallest absolute Gasteiger partial charge is 0.324 e. The van der Waals surface area contributed by atoms with E-state index in [0.29, 0.717) is 13.0 Å². The van der Waals surface area contributed by atoms with Crippen LogP contribution < -0.4 is 0 Å². The van der Waals surface area contributed by atoms with Crippen molar-refractivity contribution < 1.29 is 28.7 Å². The standard InChI is InChI=1S/C16H29N3O6P2/c1-13(2)7-5-8-14(3)9-6-10-19-12-15(17-18-19)11-16(4,26(20,21)22)27(23,24)25/h7,9,12H,5-6,8,10-11H2,1-4H3,(H2,20,21,22)(H2,23,24,25). The lowest BCUT2D eigenvalue weighted by molar-refractivity contribution is 0.311. The summed E-state index contributed by atoms with van der Waals surface area (Å²) in [5.41, 5.74) is 2.66. The van der Waals surface area contributed by atoms with E-state index >= 15 is 0 Å². The van der Waals surface area contributed by atoms with Crippen molar-refractivity contribution in [1.29, 1.82) is 0 Å².